The first-order valence-corrected chi connectivity index (χ1v) is 14.9. The van der Waals surface area contributed by atoms with Crippen molar-refractivity contribution < 1.29 is 47.4 Å². The van der Waals surface area contributed by atoms with Crippen LogP contribution in [0.2, 0.25) is 0 Å². The van der Waals surface area contributed by atoms with Gasteiger partial charge in [-0.15, -0.1) is 0 Å². The van der Waals surface area contributed by atoms with E-state index in [0.717, 1.165) is 0 Å². The first-order chi connectivity index (χ1) is 22.4. The van der Waals surface area contributed by atoms with Crippen LogP contribution in [0.25, 0.3) is 12.2 Å². The number of phosphoric acid groups is 1. The normalized spacial score (nSPS) is 12.3. The summed E-state index contributed by atoms with van der Waals surface area (Å²) in [5, 5.41) is 21.6. The lowest BCUT2D eigenvalue weighted by atomic mass is 10.1. The largest absolute Gasteiger partial charge is 0.585 e. The van der Waals surface area contributed by atoms with Crippen molar-refractivity contribution in [3.8, 4) is 23.0 Å². The Balaban J connectivity index is 1.43. The van der Waals surface area contributed by atoms with Crippen molar-refractivity contribution in [1.82, 2.24) is 0 Å². The Labute approximate surface area is 267 Å². The maximum Gasteiger partial charge on any atom is 0.585 e. The molecule has 0 aromatic heterocycles. The number of nitro benzene ring substituents is 2. The lowest BCUT2D eigenvalue weighted by Crippen LogP contribution is -2.02. The third-order valence-electron chi connectivity index (χ3n) is 6.38. The minimum Gasteiger partial charge on any atom is -0.493 e. The average molecular weight is 661 g/mol. The number of benzene rings is 4. The summed E-state index contributed by atoms with van der Waals surface area (Å²) in [5.41, 5.74) is 1.16. The van der Waals surface area contributed by atoms with Crippen molar-refractivity contribution >= 4 is 42.9 Å². The fraction of sp³-hybridized carbons (Fsp3) is 0.0625. The monoisotopic (exact) mass is 660 g/mol. The lowest BCUT2D eigenvalue weighted by Gasteiger charge is -2.17. The molecule has 4 aromatic carbocycles. The van der Waals surface area contributed by atoms with Gasteiger partial charge in [-0.25, -0.2) is 4.57 Å². The summed E-state index contributed by atoms with van der Waals surface area (Å²) in [6.45, 7) is 0. The number of carbonyl (C=O) groups is 2. The first kappa shape index (κ1) is 33.8. The summed E-state index contributed by atoms with van der Waals surface area (Å²) < 4.78 is 34.0. The molecular weight excluding hydrogens is 635 g/mol. The highest BCUT2D eigenvalue weighted by Gasteiger charge is 2.28. The van der Waals surface area contributed by atoms with Gasteiger partial charge in [0.25, 0.3) is 11.4 Å². The van der Waals surface area contributed by atoms with Crippen molar-refractivity contribution in [2.45, 2.75) is 0 Å². The number of carbonyl (C=O) groups excluding carboxylic acids is 2. The molecule has 14 nitrogen and oxygen atoms in total. The fourth-order valence-electron chi connectivity index (χ4n) is 4.02. The number of hydrogen-bond donors (Lipinski definition) is 1. The van der Waals surface area contributed by atoms with E-state index in [1.165, 1.54) is 123 Å². The molecule has 0 saturated heterocycles. The van der Waals surface area contributed by atoms with Crippen LogP contribution in [0.15, 0.2) is 97.1 Å². The van der Waals surface area contributed by atoms with E-state index in [1.807, 2.05) is 0 Å². The molecule has 0 heterocycles. The molecule has 0 saturated carbocycles. The highest BCUT2D eigenvalue weighted by Crippen LogP contribution is 2.49. The number of phosphoric ester groups is 1. The van der Waals surface area contributed by atoms with E-state index in [2.05, 4.69) is 0 Å². The second-order valence-electron chi connectivity index (χ2n) is 9.47. The number of ether oxygens (including phenoxy) is 2. The molecule has 0 fully saturated rings. The van der Waals surface area contributed by atoms with E-state index in [0.29, 0.717) is 11.1 Å². The predicted molar refractivity (Wildman–Crippen MR) is 170 cm³/mol. The molecule has 15 heteroatoms. The van der Waals surface area contributed by atoms with Crippen molar-refractivity contribution in [3.63, 3.8) is 0 Å². The van der Waals surface area contributed by atoms with Crippen LogP contribution in [-0.4, -0.2) is 40.5 Å². The highest BCUT2D eigenvalue weighted by atomic mass is 31.2. The van der Waals surface area contributed by atoms with Crippen molar-refractivity contribution in [2.75, 3.05) is 14.2 Å². The Bertz CT molecular complexity index is 1800. The molecule has 0 aliphatic carbocycles. The first-order valence-electron chi connectivity index (χ1n) is 13.4. The number of hydrogen-bond acceptors (Lipinski definition) is 11. The predicted octanol–water partition coefficient (Wildman–Crippen LogP) is 6.87. The highest BCUT2D eigenvalue weighted by molar-refractivity contribution is 7.48. The number of nitro groups is 2. The van der Waals surface area contributed by atoms with Gasteiger partial charge in [0.2, 0.25) is 0 Å². The van der Waals surface area contributed by atoms with Gasteiger partial charge in [-0.3, -0.25) is 34.7 Å². The van der Waals surface area contributed by atoms with Crippen molar-refractivity contribution in [1.29, 1.82) is 0 Å². The number of nitrogens with zero attached hydrogens (tertiary/aromatic N) is 2. The van der Waals surface area contributed by atoms with Gasteiger partial charge in [-0.1, -0.05) is 24.3 Å². The van der Waals surface area contributed by atoms with Gasteiger partial charge < -0.3 is 18.5 Å². The molecule has 0 bridgehead atoms. The molecule has 1 N–H and O–H groups in total. The minimum atomic E-state index is -4.81. The second kappa shape index (κ2) is 14.8. The maximum atomic E-state index is 12.9. The van der Waals surface area contributed by atoms with Gasteiger partial charge in [0.15, 0.2) is 34.6 Å². The van der Waals surface area contributed by atoms with E-state index in [-0.39, 0.29) is 45.5 Å². The van der Waals surface area contributed by atoms with Crippen LogP contribution in [0.3, 0.4) is 0 Å². The van der Waals surface area contributed by atoms with Gasteiger partial charge >= 0.3 is 7.82 Å². The number of allylic oxidation sites excluding steroid dienone is 2. The molecule has 4 rings (SSSR count). The molecule has 0 aliphatic rings. The number of ketones is 2. The standard InChI is InChI=1S/C32H25N2O12P/c1-43-31-19-21(3-15-27(35)23-7-11-25(12-8-23)33(37)38)5-17-29(31)45-47(41,42)46-30-18-6-22(20-32(30)44-2)4-16-28(36)24-9-13-26(14-10-24)34(39)40/h3-20H,1-2H3,(H,41,42). The van der Waals surface area contributed by atoms with Crippen LogP contribution in [-0.2, 0) is 4.57 Å². The number of methoxy groups -OCH3 is 2. The average Bonchev–Trinajstić information content (AvgIpc) is 3.06. The Morgan fingerprint density at radius 1 is 0.638 bits per heavy atom. The molecule has 0 unspecified atom stereocenters. The van der Waals surface area contributed by atoms with E-state index in [4.69, 9.17) is 18.5 Å². The van der Waals surface area contributed by atoms with Gasteiger partial charge in [0.05, 0.1) is 24.1 Å². The maximum absolute atomic E-state index is 12.9. The number of rotatable bonds is 14. The van der Waals surface area contributed by atoms with E-state index in [9.17, 15) is 39.3 Å². The zero-order valence-electron chi connectivity index (χ0n) is 24.7. The smallest absolute Gasteiger partial charge is 0.493 e. The Hall–Kier alpha value is -6.11. The van der Waals surface area contributed by atoms with E-state index < -0.39 is 29.2 Å². The quantitative estimate of drug-likeness (QED) is 0.0485. The molecule has 0 spiro atoms. The van der Waals surface area contributed by atoms with E-state index in [1.54, 1.807) is 0 Å². The Morgan fingerprint density at radius 2 is 1.00 bits per heavy atom. The van der Waals surface area contributed by atoms with Crippen LogP contribution < -0.4 is 18.5 Å². The fourth-order valence-corrected chi connectivity index (χ4v) is 4.86. The van der Waals surface area contributed by atoms with Gasteiger partial charge in [-0.2, -0.15) is 0 Å². The molecule has 0 aliphatic heterocycles. The van der Waals surface area contributed by atoms with Crippen LogP contribution in [0.5, 0.6) is 23.0 Å². The third kappa shape index (κ3) is 8.97. The molecule has 0 atom stereocenters. The second-order valence-corrected chi connectivity index (χ2v) is 10.8. The topological polar surface area (TPSA) is 195 Å². The van der Waals surface area contributed by atoms with Crippen molar-refractivity contribution in [3.05, 3.63) is 140 Å². The summed E-state index contributed by atoms with van der Waals surface area (Å²) in [6, 6.07) is 18.8. The molecule has 47 heavy (non-hydrogen) atoms. The molecule has 240 valence electrons. The van der Waals surface area contributed by atoms with Crippen LogP contribution in [0.1, 0.15) is 31.8 Å². The Kier molecular flexibility index (Phi) is 10.6. The molecular formula is C32H25N2O12P. The van der Waals surface area contributed by atoms with Gasteiger partial charge in [-0.05, 0) is 71.8 Å². The lowest BCUT2D eigenvalue weighted by molar-refractivity contribution is -0.385. The third-order valence-corrected chi connectivity index (χ3v) is 7.24. The zero-order valence-corrected chi connectivity index (χ0v) is 25.6. The van der Waals surface area contributed by atoms with Crippen LogP contribution in [0, 0.1) is 20.2 Å². The van der Waals surface area contributed by atoms with Crippen LogP contribution in [0.4, 0.5) is 11.4 Å². The summed E-state index contributed by atoms with van der Waals surface area (Å²) in [5.74, 6) is -0.977. The zero-order chi connectivity index (χ0) is 34.1. The van der Waals surface area contributed by atoms with Crippen molar-refractivity contribution in [2.24, 2.45) is 0 Å². The van der Waals surface area contributed by atoms with E-state index >= 15 is 0 Å². The minimum absolute atomic E-state index is 0.0537. The van der Waals surface area contributed by atoms with Gasteiger partial charge in [0.1, 0.15) is 0 Å². The SMILES string of the molecule is COc1cc(C=CC(=O)c2ccc([N+](=O)[O-])cc2)ccc1OP(=O)(O)Oc1ccc(C=CC(=O)c2ccc([N+](=O)[O-])cc2)cc1OC. The summed E-state index contributed by atoms with van der Waals surface area (Å²) in [7, 11) is -2.20. The number of non-ortho nitro benzene ring substituents is 2. The summed E-state index contributed by atoms with van der Waals surface area (Å²) >= 11 is 0. The summed E-state index contributed by atoms with van der Waals surface area (Å²) in [4.78, 5) is 55.9. The van der Waals surface area contributed by atoms with Crippen LogP contribution >= 0.6 is 7.82 Å². The molecule has 0 amide bonds. The Morgan fingerprint density at radius 3 is 1.32 bits per heavy atom. The molecule has 0 radical (unpaired) electrons. The molecule has 4 aromatic rings. The van der Waals surface area contributed by atoms with Gasteiger partial charge in [0, 0.05) is 35.4 Å². The summed E-state index contributed by atoms with van der Waals surface area (Å²) in [6.07, 6.45) is 5.44.